The van der Waals surface area contributed by atoms with Crippen molar-refractivity contribution >= 4 is 34.8 Å². The molecule has 2 aromatic carbocycles. The maximum atomic E-state index is 13.5. The third kappa shape index (κ3) is 4.66. The van der Waals surface area contributed by atoms with Crippen molar-refractivity contribution in [3.8, 4) is 5.75 Å². The highest BCUT2D eigenvalue weighted by Gasteiger charge is 2.39. The van der Waals surface area contributed by atoms with Crippen LogP contribution in [0.25, 0.3) is 10.9 Å². The van der Waals surface area contributed by atoms with Gasteiger partial charge in [0.1, 0.15) is 12.4 Å². The molecule has 8 heteroatoms. The molecular weight excluding hydrogens is 458 g/mol. The third-order valence-corrected chi connectivity index (χ3v) is 6.24. The zero-order chi connectivity index (χ0) is 26.0. The standard InChI is InChI=1S/C28H29N3O5/c1-16(2)27(34)35-11-10-30-23(32)15-36-18-7-9-19-21(13-18)28(3,4)26-24(25(19)33)20-8-6-17(14-29-5)12-22(20)31-26/h6-9,12-14,31H,1,10-11,15H2,2-5H3,(H,30,32)/b29-14-. The van der Waals surface area contributed by atoms with Crippen LogP contribution >= 0.6 is 0 Å². The number of esters is 1. The van der Waals surface area contributed by atoms with Gasteiger partial charge < -0.3 is 19.8 Å². The summed E-state index contributed by atoms with van der Waals surface area (Å²) in [6.07, 6.45) is 1.77. The van der Waals surface area contributed by atoms with Crippen molar-refractivity contribution in [2.45, 2.75) is 26.2 Å². The molecule has 186 valence electrons. The van der Waals surface area contributed by atoms with Crippen LogP contribution in [0.4, 0.5) is 0 Å². The second kappa shape index (κ2) is 9.81. The van der Waals surface area contributed by atoms with Crippen molar-refractivity contribution in [1.29, 1.82) is 0 Å². The highest BCUT2D eigenvalue weighted by atomic mass is 16.5. The summed E-state index contributed by atoms with van der Waals surface area (Å²) in [6.45, 7) is 9.18. The molecular formula is C28H29N3O5. The van der Waals surface area contributed by atoms with Gasteiger partial charge in [-0.1, -0.05) is 32.6 Å². The lowest BCUT2D eigenvalue weighted by molar-refractivity contribution is -0.139. The number of amides is 1. The number of H-pyrrole nitrogens is 1. The van der Waals surface area contributed by atoms with E-state index in [2.05, 4.69) is 35.7 Å². The Morgan fingerprint density at radius 2 is 1.97 bits per heavy atom. The van der Waals surface area contributed by atoms with Crippen LogP contribution in [0.15, 0.2) is 53.5 Å². The maximum Gasteiger partial charge on any atom is 0.333 e. The molecule has 0 fully saturated rings. The predicted molar refractivity (Wildman–Crippen MR) is 138 cm³/mol. The first-order valence-corrected chi connectivity index (χ1v) is 11.6. The lowest BCUT2D eigenvalue weighted by Crippen LogP contribution is -2.32. The average Bonchev–Trinajstić information content (AvgIpc) is 3.24. The molecule has 0 bridgehead atoms. The predicted octanol–water partition coefficient (Wildman–Crippen LogP) is 3.70. The monoisotopic (exact) mass is 487 g/mol. The van der Waals surface area contributed by atoms with E-state index in [-0.39, 0.29) is 31.4 Å². The Morgan fingerprint density at radius 3 is 2.69 bits per heavy atom. The number of ketones is 1. The zero-order valence-electron chi connectivity index (χ0n) is 20.9. The Bertz CT molecular complexity index is 1410. The SMILES string of the molecule is C=C(C)C(=O)OCCNC(=O)COc1ccc2c(c1)C(C)(C)c1[nH]c3cc(/C=N\C)ccc3c1C2=O. The molecule has 0 atom stereocenters. The van der Waals surface area contributed by atoms with Crippen LogP contribution in [0.1, 0.15) is 53.5 Å². The van der Waals surface area contributed by atoms with Crippen LogP contribution in [0.5, 0.6) is 5.75 Å². The van der Waals surface area contributed by atoms with E-state index in [0.29, 0.717) is 22.4 Å². The molecule has 4 rings (SSSR count). The molecule has 0 radical (unpaired) electrons. The maximum absolute atomic E-state index is 13.5. The summed E-state index contributed by atoms with van der Waals surface area (Å²) in [7, 11) is 1.72. The number of hydrogen-bond acceptors (Lipinski definition) is 6. The Kier molecular flexibility index (Phi) is 6.79. The molecule has 3 aromatic rings. The lowest BCUT2D eigenvalue weighted by Gasteiger charge is -2.32. The highest BCUT2D eigenvalue weighted by Crippen LogP contribution is 2.44. The van der Waals surface area contributed by atoms with Crippen molar-refractivity contribution in [3.05, 3.63) is 76.5 Å². The summed E-state index contributed by atoms with van der Waals surface area (Å²) in [5.41, 5.74) is 4.61. The largest absolute Gasteiger partial charge is 0.484 e. The fourth-order valence-electron chi connectivity index (χ4n) is 4.40. The summed E-state index contributed by atoms with van der Waals surface area (Å²) in [6, 6.07) is 11.2. The van der Waals surface area contributed by atoms with Gasteiger partial charge in [-0.2, -0.15) is 0 Å². The fourth-order valence-corrected chi connectivity index (χ4v) is 4.40. The van der Waals surface area contributed by atoms with Gasteiger partial charge in [0.25, 0.3) is 5.91 Å². The number of carbonyl (C=O) groups is 3. The van der Waals surface area contributed by atoms with Crippen LogP contribution in [-0.2, 0) is 19.7 Å². The zero-order valence-corrected chi connectivity index (χ0v) is 20.9. The summed E-state index contributed by atoms with van der Waals surface area (Å²) in [5, 5.41) is 3.52. The Balaban J connectivity index is 1.50. The van der Waals surface area contributed by atoms with Gasteiger partial charge in [-0.15, -0.1) is 0 Å². The van der Waals surface area contributed by atoms with Crippen LogP contribution in [0, 0.1) is 0 Å². The molecule has 0 saturated carbocycles. The number of fused-ring (bicyclic) bond motifs is 4. The van der Waals surface area contributed by atoms with Crippen molar-refractivity contribution < 1.29 is 23.9 Å². The van der Waals surface area contributed by atoms with E-state index < -0.39 is 11.4 Å². The number of aromatic nitrogens is 1. The number of aromatic amines is 1. The van der Waals surface area contributed by atoms with Crippen LogP contribution in [-0.4, -0.2) is 55.7 Å². The minimum atomic E-state index is -0.500. The highest BCUT2D eigenvalue weighted by molar-refractivity contribution is 6.20. The summed E-state index contributed by atoms with van der Waals surface area (Å²) in [4.78, 5) is 44.5. The summed E-state index contributed by atoms with van der Waals surface area (Å²) in [5.74, 6) is -0.408. The van der Waals surface area contributed by atoms with E-state index in [9.17, 15) is 14.4 Å². The van der Waals surface area contributed by atoms with Gasteiger partial charge in [-0.05, 0) is 42.3 Å². The minimum absolute atomic E-state index is 0.0453. The molecule has 8 nitrogen and oxygen atoms in total. The quantitative estimate of drug-likeness (QED) is 0.218. The van der Waals surface area contributed by atoms with Crippen LogP contribution in [0.2, 0.25) is 0 Å². The number of nitrogens with zero attached hydrogens (tertiary/aromatic N) is 1. The molecule has 0 spiro atoms. The number of benzene rings is 2. The number of aliphatic imine (C=N–C) groups is 1. The molecule has 2 N–H and O–H groups in total. The molecule has 0 saturated heterocycles. The van der Waals surface area contributed by atoms with E-state index in [1.807, 2.05) is 24.3 Å². The molecule has 1 aromatic heterocycles. The Morgan fingerprint density at radius 1 is 1.19 bits per heavy atom. The molecule has 1 amide bonds. The lowest BCUT2D eigenvalue weighted by atomic mass is 9.71. The van der Waals surface area contributed by atoms with Crippen molar-refractivity contribution in [2.75, 3.05) is 26.8 Å². The molecule has 1 heterocycles. The van der Waals surface area contributed by atoms with Crippen molar-refractivity contribution in [3.63, 3.8) is 0 Å². The number of hydrogen-bond donors (Lipinski definition) is 2. The van der Waals surface area contributed by atoms with E-state index in [1.165, 1.54) is 0 Å². The second-order valence-electron chi connectivity index (χ2n) is 9.28. The van der Waals surface area contributed by atoms with Gasteiger partial charge in [-0.3, -0.25) is 14.6 Å². The van der Waals surface area contributed by atoms with E-state index in [1.54, 1.807) is 32.3 Å². The van der Waals surface area contributed by atoms with Crippen LogP contribution in [0.3, 0.4) is 0 Å². The molecule has 36 heavy (non-hydrogen) atoms. The van der Waals surface area contributed by atoms with E-state index in [4.69, 9.17) is 9.47 Å². The minimum Gasteiger partial charge on any atom is -0.484 e. The summed E-state index contributed by atoms with van der Waals surface area (Å²) >= 11 is 0. The van der Waals surface area contributed by atoms with Gasteiger partial charge in [-0.25, -0.2) is 4.79 Å². The van der Waals surface area contributed by atoms with Gasteiger partial charge in [0, 0.05) is 46.4 Å². The number of nitrogens with one attached hydrogen (secondary N) is 2. The number of rotatable bonds is 8. The van der Waals surface area contributed by atoms with Gasteiger partial charge in [0.2, 0.25) is 0 Å². The molecule has 0 unspecified atom stereocenters. The summed E-state index contributed by atoms with van der Waals surface area (Å²) < 4.78 is 10.6. The Labute approximate surface area is 209 Å². The number of carbonyl (C=O) groups excluding carboxylic acids is 3. The third-order valence-electron chi connectivity index (χ3n) is 6.24. The van der Waals surface area contributed by atoms with E-state index >= 15 is 0 Å². The van der Waals surface area contributed by atoms with Gasteiger partial charge >= 0.3 is 5.97 Å². The fraction of sp³-hybridized carbons (Fsp3) is 0.286. The topological polar surface area (TPSA) is 110 Å². The van der Waals surface area contributed by atoms with Gasteiger partial charge in [0.15, 0.2) is 12.4 Å². The van der Waals surface area contributed by atoms with E-state index in [0.717, 1.165) is 27.7 Å². The van der Waals surface area contributed by atoms with Crippen molar-refractivity contribution in [2.24, 2.45) is 4.99 Å². The molecule has 1 aliphatic carbocycles. The first-order chi connectivity index (χ1) is 17.1. The van der Waals surface area contributed by atoms with Gasteiger partial charge in [0.05, 0.1) is 12.1 Å². The van der Waals surface area contributed by atoms with Crippen molar-refractivity contribution in [1.82, 2.24) is 10.3 Å². The smallest absolute Gasteiger partial charge is 0.333 e. The van der Waals surface area contributed by atoms with Crippen LogP contribution < -0.4 is 10.1 Å². The molecule has 1 aliphatic rings. The Hall–Kier alpha value is -4.20. The first kappa shape index (κ1) is 24.9. The second-order valence-corrected chi connectivity index (χ2v) is 9.28. The number of ether oxygens (including phenoxy) is 2. The normalized spacial score (nSPS) is 13.8. The molecule has 0 aliphatic heterocycles. The first-order valence-electron chi connectivity index (χ1n) is 11.6. The average molecular weight is 488 g/mol.